The van der Waals surface area contributed by atoms with Crippen LogP contribution >= 0.6 is 0 Å². The first-order valence-electron chi connectivity index (χ1n) is 10.3. The fraction of sp³-hybridized carbons (Fsp3) is 1.00. The molecule has 4 aliphatic heterocycles. The molecule has 5 fully saturated rings. The predicted octanol–water partition coefficient (Wildman–Crippen LogP) is -0.450. The van der Waals surface area contributed by atoms with Crippen LogP contribution in [0.5, 0.6) is 0 Å². The summed E-state index contributed by atoms with van der Waals surface area (Å²) in [5.41, 5.74) is 3.52. The zero-order chi connectivity index (χ0) is 17.7. The molecule has 0 aromatic heterocycles. The molecular formula is C18H32FN5O2. The third-order valence-corrected chi connectivity index (χ3v) is 6.90. The third kappa shape index (κ3) is 3.30. The summed E-state index contributed by atoms with van der Waals surface area (Å²) in [5.74, 6) is 0.662. The van der Waals surface area contributed by atoms with Crippen molar-refractivity contribution in [1.82, 2.24) is 26.4 Å². The average Bonchev–Trinajstić information content (AvgIpc) is 3.03. The fourth-order valence-electron chi connectivity index (χ4n) is 5.51. The van der Waals surface area contributed by atoms with E-state index in [1.54, 1.807) is 0 Å². The zero-order valence-electron chi connectivity index (χ0n) is 15.5. The number of hydrogen-bond acceptors (Lipinski definition) is 7. The molecule has 7 unspecified atom stereocenters. The van der Waals surface area contributed by atoms with Crippen LogP contribution in [0.25, 0.3) is 0 Å². The van der Waals surface area contributed by atoms with Gasteiger partial charge in [-0.1, -0.05) is 0 Å². The standard InChI is InChI=1S/C18H32FN5O2/c1-10-14-4-12(19)5-15-17(14)26-13(9-25-15)8-20-6-11-7-21-24-3-2-16(22-10)23-18(11)24/h10-18,20-23H,2-9H2,1H3/t10-,11?,12?,13-,14?,15?,16?,17?,18?/m1/s1. The van der Waals surface area contributed by atoms with Gasteiger partial charge in [0.2, 0.25) is 0 Å². The first-order chi connectivity index (χ1) is 12.7. The molecule has 0 aromatic rings. The van der Waals surface area contributed by atoms with Crippen LogP contribution in [0.3, 0.4) is 0 Å². The number of rotatable bonds is 0. The highest BCUT2D eigenvalue weighted by atomic mass is 19.1. The monoisotopic (exact) mass is 369 g/mol. The van der Waals surface area contributed by atoms with Crippen LogP contribution in [0, 0.1) is 11.8 Å². The van der Waals surface area contributed by atoms with Crippen molar-refractivity contribution >= 4 is 0 Å². The number of alkyl halides is 1. The van der Waals surface area contributed by atoms with Crippen molar-refractivity contribution in [3.8, 4) is 0 Å². The van der Waals surface area contributed by atoms with Crippen LogP contribution in [0.2, 0.25) is 0 Å². The van der Waals surface area contributed by atoms with Crippen LogP contribution in [0.4, 0.5) is 4.39 Å². The number of fused-ring (bicyclic) bond motifs is 2. The smallest absolute Gasteiger partial charge is 0.103 e. The van der Waals surface area contributed by atoms with Crippen LogP contribution < -0.4 is 21.4 Å². The lowest BCUT2D eigenvalue weighted by molar-refractivity contribution is -0.219. The van der Waals surface area contributed by atoms with Gasteiger partial charge in [0.15, 0.2) is 0 Å². The lowest BCUT2D eigenvalue weighted by Gasteiger charge is -2.47. The summed E-state index contributed by atoms with van der Waals surface area (Å²) in [6.45, 7) is 6.52. The summed E-state index contributed by atoms with van der Waals surface area (Å²) >= 11 is 0. The van der Waals surface area contributed by atoms with Crippen LogP contribution in [0.15, 0.2) is 0 Å². The lowest BCUT2D eigenvalue weighted by atomic mass is 9.78. The number of hydrazine groups is 1. The minimum atomic E-state index is -0.794. The van der Waals surface area contributed by atoms with Gasteiger partial charge in [-0.15, -0.1) is 0 Å². The Morgan fingerprint density at radius 2 is 2.04 bits per heavy atom. The van der Waals surface area contributed by atoms with Crippen LogP contribution in [0.1, 0.15) is 26.2 Å². The van der Waals surface area contributed by atoms with E-state index in [-0.39, 0.29) is 36.4 Å². The molecular weight excluding hydrogens is 337 g/mol. The minimum absolute atomic E-state index is 0.00735. The maximum absolute atomic E-state index is 14.4. The second-order valence-electron chi connectivity index (χ2n) is 8.71. The molecule has 0 spiro atoms. The van der Waals surface area contributed by atoms with Gasteiger partial charge in [-0.25, -0.2) is 9.40 Å². The summed E-state index contributed by atoms with van der Waals surface area (Å²) < 4.78 is 26.8. The molecule has 148 valence electrons. The molecule has 26 heavy (non-hydrogen) atoms. The van der Waals surface area contributed by atoms with Crippen molar-refractivity contribution in [3.63, 3.8) is 0 Å². The Kier molecular flexibility index (Phi) is 4.93. The number of nitrogens with zero attached hydrogens (tertiary/aromatic N) is 1. The Morgan fingerprint density at radius 1 is 1.12 bits per heavy atom. The second-order valence-corrected chi connectivity index (χ2v) is 8.71. The highest BCUT2D eigenvalue weighted by Gasteiger charge is 2.47. The van der Waals surface area contributed by atoms with Gasteiger partial charge in [-0.2, -0.15) is 0 Å². The molecule has 1 saturated carbocycles. The summed E-state index contributed by atoms with van der Waals surface area (Å²) in [6.07, 6.45) is 1.82. The first kappa shape index (κ1) is 17.7. The van der Waals surface area contributed by atoms with Gasteiger partial charge in [0.25, 0.3) is 0 Å². The van der Waals surface area contributed by atoms with Gasteiger partial charge in [-0.05, 0) is 19.8 Å². The topological polar surface area (TPSA) is 69.8 Å². The largest absolute Gasteiger partial charge is 0.373 e. The molecule has 7 nitrogen and oxygen atoms in total. The highest BCUT2D eigenvalue weighted by molar-refractivity contribution is 4.98. The summed E-state index contributed by atoms with van der Waals surface area (Å²) in [7, 11) is 0. The molecule has 9 atom stereocenters. The van der Waals surface area contributed by atoms with Gasteiger partial charge in [0.05, 0.1) is 37.3 Å². The molecule has 0 amide bonds. The van der Waals surface area contributed by atoms with Gasteiger partial charge in [-0.3, -0.25) is 16.1 Å². The predicted molar refractivity (Wildman–Crippen MR) is 95.0 cm³/mol. The number of halogens is 1. The summed E-state index contributed by atoms with van der Waals surface area (Å²) in [5, 5.41) is 13.4. The third-order valence-electron chi connectivity index (χ3n) is 6.90. The zero-order valence-corrected chi connectivity index (χ0v) is 15.5. The number of nitrogens with one attached hydrogen (secondary N) is 4. The van der Waals surface area contributed by atoms with E-state index in [0.29, 0.717) is 31.5 Å². The molecule has 0 aromatic carbocycles. The van der Waals surface area contributed by atoms with Crippen molar-refractivity contribution in [1.29, 1.82) is 0 Å². The normalized spacial score (nSPS) is 52.6. The molecule has 5 aliphatic rings. The maximum atomic E-state index is 14.4. The molecule has 4 bridgehead atoms. The van der Waals surface area contributed by atoms with Crippen molar-refractivity contribution < 1.29 is 13.9 Å². The van der Waals surface area contributed by atoms with Gasteiger partial charge in [0, 0.05) is 50.5 Å². The van der Waals surface area contributed by atoms with E-state index in [2.05, 4.69) is 33.3 Å². The Hall–Kier alpha value is -0.350. The number of hydrogen-bond donors (Lipinski definition) is 4. The molecule has 0 radical (unpaired) electrons. The molecule has 4 heterocycles. The Labute approximate surface area is 154 Å². The van der Waals surface area contributed by atoms with E-state index in [9.17, 15) is 4.39 Å². The molecule has 5 rings (SSSR count). The Morgan fingerprint density at radius 3 is 2.96 bits per heavy atom. The lowest BCUT2D eigenvalue weighted by Crippen LogP contribution is -2.64. The highest BCUT2D eigenvalue weighted by Crippen LogP contribution is 2.36. The molecule has 1 aliphatic carbocycles. The average molecular weight is 369 g/mol. The fourth-order valence-corrected chi connectivity index (χ4v) is 5.51. The van der Waals surface area contributed by atoms with Crippen molar-refractivity contribution in [2.24, 2.45) is 11.8 Å². The Bertz CT molecular complexity index is 514. The molecule has 8 heteroatoms. The molecule has 4 N–H and O–H groups in total. The summed E-state index contributed by atoms with van der Waals surface area (Å²) in [4.78, 5) is 0. The van der Waals surface area contributed by atoms with Crippen molar-refractivity contribution in [3.05, 3.63) is 0 Å². The van der Waals surface area contributed by atoms with Gasteiger partial charge < -0.3 is 14.8 Å². The Balaban J connectivity index is 1.38. The van der Waals surface area contributed by atoms with Crippen molar-refractivity contribution in [2.75, 3.05) is 32.8 Å². The van der Waals surface area contributed by atoms with Crippen LogP contribution in [-0.4, -0.2) is 80.7 Å². The van der Waals surface area contributed by atoms with Gasteiger partial charge in [0.1, 0.15) is 6.17 Å². The van der Waals surface area contributed by atoms with E-state index in [1.807, 2.05) is 0 Å². The van der Waals surface area contributed by atoms with E-state index in [1.165, 1.54) is 0 Å². The molecule has 4 saturated heterocycles. The van der Waals surface area contributed by atoms with E-state index in [0.717, 1.165) is 32.6 Å². The van der Waals surface area contributed by atoms with E-state index >= 15 is 0 Å². The number of ether oxygens (including phenoxy) is 2. The van der Waals surface area contributed by atoms with Crippen molar-refractivity contribution in [2.45, 2.75) is 69.0 Å². The summed E-state index contributed by atoms with van der Waals surface area (Å²) in [6, 6.07) is 0.189. The van der Waals surface area contributed by atoms with Gasteiger partial charge >= 0.3 is 0 Å². The second kappa shape index (κ2) is 7.24. The first-order valence-corrected chi connectivity index (χ1v) is 10.3. The van der Waals surface area contributed by atoms with E-state index in [4.69, 9.17) is 9.47 Å². The quantitative estimate of drug-likeness (QED) is 0.461. The SMILES string of the molecule is C[C@H]1NC2CCN3NCC(CNC[C@@H]4COC5CC(F)CC1C5O4)C3N2. The minimum Gasteiger partial charge on any atom is -0.373 e. The van der Waals surface area contributed by atoms with Crippen LogP contribution in [-0.2, 0) is 9.47 Å². The maximum Gasteiger partial charge on any atom is 0.103 e. The van der Waals surface area contributed by atoms with E-state index < -0.39 is 6.17 Å².